The zero-order valence-electron chi connectivity index (χ0n) is 17.6. The first-order valence-electron chi connectivity index (χ1n) is 11.5. The molecule has 0 amide bonds. The number of pyridine rings is 1. The fourth-order valence-corrected chi connectivity index (χ4v) is 5.93. The molecule has 1 saturated heterocycles. The van der Waals surface area contributed by atoms with Gasteiger partial charge in [0, 0.05) is 59.9 Å². The molecule has 6 heterocycles. The molecule has 1 saturated carbocycles. The highest BCUT2D eigenvalue weighted by molar-refractivity contribution is 5.84. The van der Waals surface area contributed by atoms with Gasteiger partial charge in [-0.3, -0.25) is 9.58 Å². The molecule has 1 aliphatic carbocycles. The molecule has 7 heteroatoms. The van der Waals surface area contributed by atoms with Gasteiger partial charge in [0.25, 0.3) is 0 Å². The van der Waals surface area contributed by atoms with E-state index in [0.717, 1.165) is 48.9 Å². The first kappa shape index (κ1) is 17.7. The predicted molar refractivity (Wildman–Crippen MR) is 119 cm³/mol. The lowest BCUT2D eigenvalue weighted by atomic mass is 9.80. The average Bonchev–Trinajstić information content (AvgIpc) is 3.54. The maximum absolute atomic E-state index is 5.01. The van der Waals surface area contributed by atoms with Gasteiger partial charge >= 0.3 is 0 Å². The van der Waals surface area contributed by atoms with E-state index in [-0.39, 0.29) is 5.41 Å². The van der Waals surface area contributed by atoms with Crippen LogP contribution in [-0.2, 0) is 18.5 Å². The van der Waals surface area contributed by atoms with Crippen molar-refractivity contribution in [2.45, 2.75) is 56.5 Å². The Morgan fingerprint density at radius 3 is 2.87 bits per heavy atom. The van der Waals surface area contributed by atoms with E-state index in [1.807, 2.05) is 18.6 Å². The van der Waals surface area contributed by atoms with Crippen LogP contribution in [-0.4, -0.2) is 47.7 Å². The summed E-state index contributed by atoms with van der Waals surface area (Å²) in [6.45, 7) is 4.10. The molecule has 0 bridgehead atoms. The van der Waals surface area contributed by atoms with E-state index >= 15 is 0 Å². The number of hydrogen-bond acceptors (Lipinski definition) is 4. The van der Waals surface area contributed by atoms with E-state index in [9.17, 15) is 0 Å². The Balaban J connectivity index is 1.19. The van der Waals surface area contributed by atoms with Crippen molar-refractivity contribution >= 4 is 11.0 Å². The van der Waals surface area contributed by atoms with E-state index < -0.39 is 0 Å². The van der Waals surface area contributed by atoms with Crippen molar-refractivity contribution in [1.82, 2.24) is 34.6 Å². The van der Waals surface area contributed by atoms with Crippen molar-refractivity contribution in [3.05, 3.63) is 54.0 Å². The van der Waals surface area contributed by atoms with E-state index in [1.165, 1.54) is 48.7 Å². The normalized spacial score (nSPS) is 23.7. The predicted octanol–water partition coefficient (Wildman–Crippen LogP) is 3.96. The number of H-pyrrole nitrogens is 2. The van der Waals surface area contributed by atoms with E-state index in [2.05, 4.69) is 42.9 Å². The Labute approximate surface area is 180 Å². The van der Waals surface area contributed by atoms with Gasteiger partial charge in [0.1, 0.15) is 11.5 Å². The molecule has 7 nitrogen and oxygen atoms in total. The third kappa shape index (κ3) is 2.72. The fraction of sp³-hybridized carbons (Fsp3) is 0.458. The number of aromatic nitrogens is 6. The minimum atomic E-state index is 0.223. The van der Waals surface area contributed by atoms with Gasteiger partial charge in [-0.2, -0.15) is 5.10 Å². The summed E-state index contributed by atoms with van der Waals surface area (Å²) in [5, 5.41) is 6.28. The van der Waals surface area contributed by atoms with Gasteiger partial charge in [0.05, 0.1) is 12.2 Å². The number of rotatable bonds is 4. The maximum Gasteiger partial charge on any atom is 0.137 e. The van der Waals surface area contributed by atoms with Crippen molar-refractivity contribution in [3.8, 4) is 11.3 Å². The Hall–Kier alpha value is -2.93. The molecule has 0 radical (unpaired) electrons. The first-order valence-corrected chi connectivity index (χ1v) is 11.5. The molecule has 7 rings (SSSR count). The molecule has 2 fully saturated rings. The largest absolute Gasteiger partial charge is 0.348 e. The molecule has 1 spiro atoms. The lowest BCUT2D eigenvalue weighted by Crippen LogP contribution is -2.29. The van der Waals surface area contributed by atoms with Gasteiger partial charge in [-0.25, -0.2) is 9.97 Å². The van der Waals surface area contributed by atoms with Gasteiger partial charge in [-0.1, -0.05) is 6.42 Å². The van der Waals surface area contributed by atoms with Gasteiger partial charge in [0.15, 0.2) is 0 Å². The molecule has 31 heavy (non-hydrogen) atoms. The molecule has 4 aromatic heterocycles. The van der Waals surface area contributed by atoms with E-state index in [0.29, 0.717) is 5.92 Å². The second kappa shape index (κ2) is 6.53. The zero-order chi connectivity index (χ0) is 20.4. The fourth-order valence-electron chi connectivity index (χ4n) is 5.93. The van der Waals surface area contributed by atoms with Crippen LogP contribution >= 0.6 is 0 Å². The van der Waals surface area contributed by atoms with Crippen LogP contribution < -0.4 is 0 Å². The number of aryl methyl sites for hydroxylation is 1. The monoisotopic (exact) mass is 413 g/mol. The molecule has 2 N–H and O–H groups in total. The molecule has 158 valence electrons. The summed E-state index contributed by atoms with van der Waals surface area (Å²) < 4.78 is 2.25. The number of fused-ring (bicyclic) bond motifs is 3. The zero-order valence-corrected chi connectivity index (χ0v) is 17.6. The molecule has 2 aliphatic heterocycles. The van der Waals surface area contributed by atoms with Crippen LogP contribution in [0.1, 0.15) is 55.1 Å². The topological polar surface area (TPSA) is 78.4 Å². The van der Waals surface area contributed by atoms with Crippen LogP contribution in [0.5, 0.6) is 0 Å². The minimum Gasteiger partial charge on any atom is -0.348 e. The second-order valence-corrected chi connectivity index (χ2v) is 9.66. The van der Waals surface area contributed by atoms with Crippen molar-refractivity contribution in [2.75, 3.05) is 13.1 Å². The first-order chi connectivity index (χ1) is 15.3. The number of aromatic amines is 2. The van der Waals surface area contributed by atoms with E-state index in [1.54, 1.807) is 0 Å². The second-order valence-electron chi connectivity index (χ2n) is 9.66. The summed E-state index contributed by atoms with van der Waals surface area (Å²) in [4.78, 5) is 18.3. The minimum absolute atomic E-state index is 0.223. The highest BCUT2D eigenvalue weighted by atomic mass is 15.3. The van der Waals surface area contributed by atoms with Gasteiger partial charge in [-0.05, 0) is 55.8 Å². The van der Waals surface area contributed by atoms with Gasteiger partial charge in [-0.15, -0.1) is 0 Å². The summed E-state index contributed by atoms with van der Waals surface area (Å²) >= 11 is 0. The van der Waals surface area contributed by atoms with E-state index in [4.69, 9.17) is 10.1 Å². The van der Waals surface area contributed by atoms with Crippen molar-refractivity contribution < 1.29 is 0 Å². The summed E-state index contributed by atoms with van der Waals surface area (Å²) in [5.41, 5.74) is 6.25. The maximum atomic E-state index is 5.01. The summed E-state index contributed by atoms with van der Waals surface area (Å²) in [6.07, 6.45) is 14.2. The van der Waals surface area contributed by atoms with Crippen LogP contribution in [0.4, 0.5) is 0 Å². The van der Waals surface area contributed by atoms with Crippen LogP contribution in [0.25, 0.3) is 22.3 Å². The van der Waals surface area contributed by atoms with Gasteiger partial charge < -0.3 is 9.97 Å². The molecular formula is C24H27N7. The molecule has 0 aromatic carbocycles. The number of hydrogen-bond donors (Lipinski definition) is 2. The van der Waals surface area contributed by atoms with Crippen LogP contribution in [0.3, 0.4) is 0 Å². The van der Waals surface area contributed by atoms with Crippen molar-refractivity contribution in [1.29, 1.82) is 0 Å². The summed E-state index contributed by atoms with van der Waals surface area (Å²) in [7, 11) is 0. The smallest absolute Gasteiger partial charge is 0.137 e. The Bertz CT molecular complexity index is 1250. The summed E-state index contributed by atoms with van der Waals surface area (Å²) in [6, 6.07) is 4.64. The highest BCUT2D eigenvalue weighted by Crippen LogP contribution is 2.44. The van der Waals surface area contributed by atoms with Crippen molar-refractivity contribution in [2.24, 2.45) is 0 Å². The van der Waals surface area contributed by atoms with Gasteiger partial charge in [0.2, 0.25) is 0 Å². The van der Waals surface area contributed by atoms with Crippen LogP contribution in [0.15, 0.2) is 36.9 Å². The Morgan fingerprint density at radius 2 is 2.03 bits per heavy atom. The standard InChI is InChI=1S/C24H27N7/c1-2-16(3-1)19-13-28-23-18(19)10-17(12-27-23)20-11-21-24(5-9-31(21)29-20)4-8-30(15-24)14-22-25-6-7-26-22/h6-7,10-13,16H,1-5,8-9,14-15H2,(H,25,26)(H,27,28). The SMILES string of the molecule is c1c[nH]c(CN2CCC3(CCn4nc(-c5cnc6[nH]cc(C7CCC7)c6c5)cc43)C2)n1. The lowest BCUT2D eigenvalue weighted by Gasteiger charge is -2.24. The molecular weight excluding hydrogens is 386 g/mol. The van der Waals surface area contributed by atoms with Crippen LogP contribution in [0.2, 0.25) is 0 Å². The van der Waals surface area contributed by atoms with Crippen LogP contribution in [0, 0.1) is 0 Å². The third-order valence-electron chi connectivity index (χ3n) is 7.89. The molecule has 1 unspecified atom stereocenters. The number of imidazole rings is 1. The Kier molecular flexibility index (Phi) is 3.73. The summed E-state index contributed by atoms with van der Waals surface area (Å²) in [5.74, 6) is 1.75. The quantitative estimate of drug-likeness (QED) is 0.531. The molecule has 4 aromatic rings. The number of likely N-dealkylation sites (tertiary alicyclic amines) is 1. The molecule has 3 aliphatic rings. The third-order valence-corrected chi connectivity index (χ3v) is 7.89. The lowest BCUT2D eigenvalue weighted by molar-refractivity contribution is 0.295. The Morgan fingerprint density at radius 1 is 1.10 bits per heavy atom. The number of nitrogens with zero attached hydrogens (tertiary/aromatic N) is 5. The highest BCUT2D eigenvalue weighted by Gasteiger charge is 2.45. The number of nitrogens with one attached hydrogen (secondary N) is 2. The van der Waals surface area contributed by atoms with Crippen molar-refractivity contribution in [3.63, 3.8) is 0 Å². The average molecular weight is 414 g/mol. The molecule has 1 atom stereocenters.